The van der Waals surface area contributed by atoms with Crippen molar-refractivity contribution in [1.29, 1.82) is 0 Å². The third-order valence-corrected chi connectivity index (χ3v) is 8.20. The summed E-state index contributed by atoms with van der Waals surface area (Å²) >= 11 is 13.7. The Bertz CT molecular complexity index is 1040. The number of amides is 1. The third-order valence-electron chi connectivity index (χ3n) is 4.45. The second-order valence-corrected chi connectivity index (χ2v) is 10.5. The van der Waals surface area contributed by atoms with E-state index in [1.54, 1.807) is 47.4 Å². The second kappa shape index (κ2) is 7.13. The number of nitrogens with zero attached hydrogens (tertiary/aromatic N) is 2. The summed E-state index contributed by atoms with van der Waals surface area (Å²) in [4.78, 5) is 18.6. The number of benzene rings is 2. The summed E-state index contributed by atoms with van der Waals surface area (Å²) < 4.78 is 24.2. The fraction of sp³-hybridized carbons (Fsp3) is 0.222. The molecule has 2 aliphatic rings. The number of halogens is 2. The first kappa shape index (κ1) is 18.8. The molecule has 2 heterocycles. The Labute approximate surface area is 171 Å². The minimum atomic E-state index is -3.14. The van der Waals surface area contributed by atoms with Gasteiger partial charge in [-0.15, -0.1) is 0 Å². The van der Waals surface area contributed by atoms with Crippen LogP contribution in [0.15, 0.2) is 53.5 Å². The van der Waals surface area contributed by atoms with E-state index in [-0.39, 0.29) is 28.7 Å². The molecule has 27 heavy (non-hydrogen) atoms. The van der Waals surface area contributed by atoms with E-state index in [1.165, 1.54) is 11.8 Å². The van der Waals surface area contributed by atoms with Gasteiger partial charge in [-0.2, -0.15) is 4.99 Å². The molecule has 0 N–H and O–H groups in total. The molecule has 2 saturated heterocycles. The van der Waals surface area contributed by atoms with Gasteiger partial charge in [0.1, 0.15) is 0 Å². The van der Waals surface area contributed by atoms with Crippen molar-refractivity contribution in [2.24, 2.45) is 4.99 Å². The number of rotatable bonds is 2. The van der Waals surface area contributed by atoms with E-state index in [0.29, 0.717) is 26.5 Å². The van der Waals surface area contributed by atoms with Crippen molar-refractivity contribution in [2.75, 3.05) is 16.4 Å². The Kier molecular flexibility index (Phi) is 4.96. The van der Waals surface area contributed by atoms with Crippen molar-refractivity contribution in [3.05, 3.63) is 64.1 Å². The molecule has 2 aromatic rings. The van der Waals surface area contributed by atoms with Crippen LogP contribution in [0.1, 0.15) is 10.4 Å². The summed E-state index contributed by atoms with van der Waals surface area (Å²) in [6.07, 6.45) is 0. The highest BCUT2D eigenvalue weighted by Gasteiger charge is 2.49. The van der Waals surface area contributed by atoms with Gasteiger partial charge in [-0.1, -0.05) is 53.2 Å². The Morgan fingerprint density at radius 3 is 2.56 bits per heavy atom. The van der Waals surface area contributed by atoms with Crippen LogP contribution in [0.5, 0.6) is 0 Å². The van der Waals surface area contributed by atoms with Crippen LogP contribution in [0.3, 0.4) is 0 Å². The van der Waals surface area contributed by atoms with Crippen molar-refractivity contribution in [2.45, 2.75) is 11.3 Å². The molecule has 2 unspecified atom stereocenters. The van der Waals surface area contributed by atoms with Gasteiger partial charge in [0, 0.05) is 15.8 Å². The number of carbonyl (C=O) groups excluding carboxylic acids is 1. The fourth-order valence-electron chi connectivity index (χ4n) is 3.25. The van der Waals surface area contributed by atoms with Crippen molar-refractivity contribution in [3.63, 3.8) is 0 Å². The normalized spacial score (nSPS) is 25.0. The van der Waals surface area contributed by atoms with Crippen LogP contribution in [0.4, 0.5) is 5.69 Å². The molecule has 9 heteroatoms. The van der Waals surface area contributed by atoms with E-state index >= 15 is 0 Å². The molecule has 2 fully saturated rings. The molecule has 2 aromatic carbocycles. The van der Waals surface area contributed by atoms with Gasteiger partial charge in [0.25, 0.3) is 5.91 Å². The lowest BCUT2D eigenvalue weighted by Crippen LogP contribution is -2.37. The maximum absolute atomic E-state index is 12.6. The summed E-state index contributed by atoms with van der Waals surface area (Å²) in [7, 11) is -3.14. The minimum Gasteiger partial charge on any atom is -0.314 e. The number of amidine groups is 1. The van der Waals surface area contributed by atoms with Crippen molar-refractivity contribution in [1.82, 2.24) is 0 Å². The molecule has 2 aliphatic heterocycles. The average molecular weight is 441 g/mol. The number of hydrogen-bond donors (Lipinski definition) is 0. The first-order valence-corrected chi connectivity index (χ1v) is 11.6. The van der Waals surface area contributed by atoms with Gasteiger partial charge in [-0.3, -0.25) is 4.79 Å². The Morgan fingerprint density at radius 1 is 1.11 bits per heavy atom. The fourth-order valence-corrected chi connectivity index (χ4v) is 7.66. The quantitative estimate of drug-likeness (QED) is 0.707. The highest BCUT2D eigenvalue weighted by Crippen LogP contribution is 2.43. The molecule has 0 spiro atoms. The van der Waals surface area contributed by atoms with Gasteiger partial charge in [0.05, 0.1) is 28.3 Å². The highest BCUT2D eigenvalue weighted by molar-refractivity contribution is 8.16. The van der Waals surface area contributed by atoms with Gasteiger partial charge in [0.15, 0.2) is 15.0 Å². The van der Waals surface area contributed by atoms with E-state index in [0.717, 1.165) is 0 Å². The van der Waals surface area contributed by atoms with Crippen molar-refractivity contribution < 1.29 is 13.2 Å². The lowest BCUT2D eigenvalue weighted by molar-refractivity contribution is 0.100. The van der Waals surface area contributed by atoms with Crippen LogP contribution in [0.25, 0.3) is 0 Å². The predicted molar refractivity (Wildman–Crippen MR) is 111 cm³/mol. The predicted octanol–water partition coefficient (Wildman–Crippen LogP) is 3.91. The van der Waals surface area contributed by atoms with Crippen LogP contribution >= 0.6 is 35.0 Å². The first-order valence-electron chi connectivity index (χ1n) is 8.13. The number of thioether (sulfide) groups is 1. The summed E-state index contributed by atoms with van der Waals surface area (Å²) in [5.41, 5.74) is 1.07. The van der Waals surface area contributed by atoms with Crippen LogP contribution in [0, 0.1) is 0 Å². The molecule has 140 valence electrons. The number of sulfone groups is 1. The Balaban J connectivity index is 1.76. The molecule has 0 aliphatic carbocycles. The zero-order valence-corrected chi connectivity index (χ0v) is 17.0. The van der Waals surface area contributed by atoms with Crippen LogP contribution in [0.2, 0.25) is 10.0 Å². The molecule has 4 rings (SSSR count). The second-order valence-electron chi connectivity index (χ2n) is 6.33. The van der Waals surface area contributed by atoms with E-state index in [9.17, 15) is 13.2 Å². The number of fused-ring (bicyclic) bond motifs is 1. The lowest BCUT2D eigenvalue weighted by atomic mass is 10.2. The van der Waals surface area contributed by atoms with Gasteiger partial charge in [-0.05, 0) is 30.3 Å². The zero-order chi connectivity index (χ0) is 19.2. The maximum atomic E-state index is 12.6. The van der Waals surface area contributed by atoms with Crippen molar-refractivity contribution >= 4 is 61.6 Å². The summed E-state index contributed by atoms with van der Waals surface area (Å²) in [5, 5.41) is 1.12. The van der Waals surface area contributed by atoms with E-state index in [2.05, 4.69) is 4.99 Å². The molecule has 5 nitrogen and oxygen atoms in total. The number of anilines is 1. The van der Waals surface area contributed by atoms with Crippen molar-refractivity contribution in [3.8, 4) is 0 Å². The monoisotopic (exact) mass is 440 g/mol. The average Bonchev–Trinajstić information content (AvgIpc) is 3.07. The van der Waals surface area contributed by atoms with Gasteiger partial charge >= 0.3 is 0 Å². The largest absolute Gasteiger partial charge is 0.314 e. The minimum absolute atomic E-state index is 0.00215. The molecule has 1 amide bonds. The molecule has 0 saturated carbocycles. The Hall–Kier alpha value is -1.54. The van der Waals surface area contributed by atoms with Crippen LogP contribution in [-0.2, 0) is 9.84 Å². The molecule has 0 aromatic heterocycles. The third kappa shape index (κ3) is 3.74. The maximum Gasteiger partial charge on any atom is 0.279 e. The van der Waals surface area contributed by atoms with Crippen LogP contribution < -0.4 is 4.90 Å². The molecule has 0 bridgehead atoms. The molecular formula is C18H14Cl2N2O3S2. The van der Waals surface area contributed by atoms with E-state index in [1.807, 2.05) is 6.07 Å². The summed E-state index contributed by atoms with van der Waals surface area (Å²) in [5.74, 6) is -0.318. The number of hydrogen-bond acceptors (Lipinski definition) is 4. The molecule has 2 atom stereocenters. The summed E-state index contributed by atoms with van der Waals surface area (Å²) in [6, 6.07) is 13.4. The lowest BCUT2D eigenvalue weighted by Gasteiger charge is -2.25. The smallest absolute Gasteiger partial charge is 0.279 e. The van der Waals surface area contributed by atoms with Gasteiger partial charge in [-0.25, -0.2) is 8.42 Å². The van der Waals surface area contributed by atoms with Gasteiger partial charge < -0.3 is 4.90 Å². The number of carbonyl (C=O) groups is 1. The SMILES string of the molecule is O=C(N=C1SC2CS(=O)(=O)CC2N1c1ccc(Cl)cc1Cl)c1ccccc1. The first-order chi connectivity index (χ1) is 12.8. The summed E-state index contributed by atoms with van der Waals surface area (Å²) in [6.45, 7) is 0. The molecular weight excluding hydrogens is 427 g/mol. The van der Waals surface area contributed by atoms with E-state index in [4.69, 9.17) is 23.2 Å². The highest BCUT2D eigenvalue weighted by atomic mass is 35.5. The number of aliphatic imine (C=N–C) groups is 1. The standard InChI is InChI=1S/C18H14Cl2N2O3S2/c19-12-6-7-14(13(20)8-12)22-15-9-27(24,25)10-16(15)26-18(22)21-17(23)11-4-2-1-3-5-11/h1-8,15-16H,9-10H2. The molecule has 0 radical (unpaired) electrons. The van der Waals surface area contributed by atoms with Crippen LogP contribution in [-0.4, -0.2) is 42.3 Å². The van der Waals surface area contributed by atoms with E-state index < -0.39 is 9.84 Å². The topological polar surface area (TPSA) is 66.8 Å². The van der Waals surface area contributed by atoms with Gasteiger partial charge in [0.2, 0.25) is 0 Å². The zero-order valence-electron chi connectivity index (χ0n) is 13.9. The Morgan fingerprint density at radius 2 is 1.85 bits per heavy atom.